The van der Waals surface area contributed by atoms with Crippen LogP contribution in [0.15, 0.2) is 78.4 Å². The Bertz CT molecular complexity index is 1100. The SMILES string of the molecule is CC1(C)C=C(/C=C/C#Cc2ccc(C(=O)[O-])cc2)C(c2ccc(C(C)(C)C)cc2)=CC1. The Morgan fingerprint density at radius 3 is 2.26 bits per heavy atom. The first kappa shape index (κ1) is 22.4. The number of carboxylic acid groups (broad SMARTS) is 1. The van der Waals surface area contributed by atoms with Gasteiger partial charge in [-0.25, -0.2) is 0 Å². The quantitative estimate of drug-likeness (QED) is 0.611. The number of benzene rings is 2. The molecule has 31 heavy (non-hydrogen) atoms. The van der Waals surface area contributed by atoms with Crippen molar-refractivity contribution in [2.24, 2.45) is 5.41 Å². The number of carbonyl (C=O) groups is 1. The zero-order valence-corrected chi connectivity index (χ0v) is 19.0. The fourth-order valence-corrected chi connectivity index (χ4v) is 3.56. The molecule has 1 aliphatic carbocycles. The summed E-state index contributed by atoms with van der Waals surface area (Å²) < 4.78 is 0. The molecule has 2 aromatic carbocycles. The second kappa shape index (κ2) is 8.82. The van der Waals surface area contributed by atoms with Crippen LogP contribution in [-0.4, -0.2) is 5.97 Å². The van der Waals surface area contributed by atoms with E-state index < -0.39 is 5.97 Å². The highest BCUT2D eigenvalue weighted by Gasteiger charge is 2.21. The molecule has 0 heterocycles. The first-order valence-electron chi connectivity index (χ1n) is 10.6. The molecule has 0 spiro atoms. The Morgan fingerprint density at radius 2 is 1.68 bits per heavy atom. The number of carbonyl (C=O) groups excluding carboxylic acids is 1. The van der Waals surface area contributed by atoms with Gasteiger partial charge < -0.3 is 9.90 Å². The lowest BCUT2D eigenvalue weighted by Gasteiger charge is -2.27. The Labute approximate surface area is 186 Å². The normalized spacial score (nSPS) is 15.6. The fraction of sp³-hybridized carbons (Fsp3) is 0.276. The van der Waals surface area contributed by atoms with Crippen molar-refractivity contribution in [2.45, 2.75) is 46.5 Å². The van der Waals surface area contributed by atoms with Gasteiger partial charge in [-0.2, -0.15) is 0 Å². The van der Waals surface area contributed by atoms with Gasteiger partial charge in [-0.05, 0) is 69.4 Å². The number of hydrogen-bond acceptors (Lipinski definition) is 2. The van der Waals surface area contributed by atoms with E-state index in [-0.39, 0.29) is 16.4 Å². The Hall–Kier alpha value is -3.31. The second-order valence-electron chi connectivity index (χ2n) is 9.71. The van der Waals surface area contributed by atoms with Crippen LogP contribution in [0, 0.1) is 17.3 Å². The number of hydrogen-bond donors (Lipinski definition) is 0. The van der Waals surface area contributed by atoms with Crippen molar-refractivity contribution >= 4 is 11.5 Å². The van der Waals surface area contributed by atoms with E-state index in [9.17, 15) is 9.90 Å². The summed E-state index contributed by atoms with van der Waals surface area (Å²) in [7, 11) is 0. The van der Waals surface area contributed by atoms with Gasteiger partial charge in [-0.15, -0.1) is 0 Å². The average molecular weight is 410 g/mol. The molecular formula is C29H29O2-. The molecular weight excluding hydrogens is 380 g/mol. The van der Waals surface area contributed by atoms with Crippen LogP contribution in [0.5, 0.6) is 0 Å². The Balaban J connectivity index is 1.82. The molecule has 2 heteroatoms. The maximum atomic E-state index is 10.8. The van der Waals surface area contributed by atoms with Crippen molar-refractivity contribution in [3.63, 3.8) is 0 Å². The lowest BCUT2D eigenvalue weighted by Crippen LogP contribution is -2.21. The molecule has 0 aromatic heterocycles. The summed E-state index contributed by atoms with van der Waals surface area (Å²) in [6.07, 6.45) is 9.55. The summed E-state index contributed by atoms with van der Waals surface area (Å²) >= 11 is 0. The maximum Gasteiger partial charge on any atom is 0.0715 e. The molecule has 0 radical (unpaired) electrons. The number of allylic oxidation sites excluding steroid dienone is 6. The molecule has 2 nitrogen and oxygen atoms in total. The molecule has 0 saturated heterocycles. The average Bonchev–Trinajstić information content (AvgIpc) is 2.70. The minimum Gasteiger partial charge on any atom is -0.545 e. The minimum absolute atomic E-state index is 0.0999. The summed E-state index contributed by atoms with van der Waals surface area (Å²) in [5.74, 6) is 4.94. The molecule has 1 aliphatic rings. The van der Waals surface area contributed by atoms with Crippen molar-refractivity contribution in [3.8, 4) is 11.8 Å². The van der Waals surface area contributed by atoms with Gasteiger partial charge in [0.1, 0.15) is 0 Å². The zero-order valence-electron chi connectivity index (χ0n) is 19.0. The van der Waals surface area contributed by atoms with Crippen molar-refractivity contribution < 1.29 is 9.90 Å². The monoisotopic (exact) mass is 409 g/mol. The van der Waals surface area contributed by atoms with Gasteiger partial charge in [0.15, 0.2) is 0 Å². The molecule has 0 fully saturated rings. The van der Waals surface area contributed by atoms with Crippen LogP contribution in [0.3, 0.4) is 0 Å². The van der Waals surface area contributed by atoms with E-state index in [2.05, 4.69) is 89.0 Å². The van der Waals surface area contributed by atoms with Gasteiger partial charge in [0.25, 0.3) is 0 Å². The molecule has 0 N–H and O–H groups in total. The van der Waals surface area contributed by atoms with Gasteiger partial charge in [0.2, 0.25) is 0 Å². The van der Waals surface area contributed by atoms with E-state index in [0.717, 1.165) is 12.0 Å². The highest BCUT2D eigenvalue weighted by molar-refractivity contribution is 5.86. The van der Waals surface area contributed by atoms with E-state index in [1.165, 1.54) is 34.4 Å². The second-order valence-corrected chi connectivity index (χ2v) is 9.71. The summed E-state index contributed by atoms with van der Waals surface area (Å²) in [4.78, 5) is 10.8. The molecule has 0 aliphatic heterocycles. The van der Waals surface area contributed by atoms with E-state index >= 15 is 0 Å². The summed E-state index contributed by atoms with van der Waals surface area (Å²) in [6, 6.07) is 15.2. The van der Waals surface area contributed by atoms with Gasteiger partial charge in [-0.3, -0.25) is 0 Å². The van der Waals surface area contributed by atoms with Crippen molar-refractivity contribution in [1.82, 2.24) is 0 Å². The van der Waals surface area contributed by atoms with E-state index in [4.69, 9.17) is 0 Å². The van der Waals surface area contributed by atoms with Crippen molar-refractivity contribution in [1.29, 1.82) is 0 Å². The summed E-state index contributed by atoms with van der Waals surface area (Å²) in [5.41, 5.74) is 6.09. The zero-order chi connectivity index (χ0) is 22.6. The van der Waals surface area contributed by atoms with Crippen LogP contribution in [0.2, 0.25) is 0 Å². The van der Waals surface area contributed by atoms with Gasteiger partial charge >= 0.3 is 0 Å². The lowest BCUT2D eigenvalue weighted by molar-refractivity contribution is -0.255. The molecule has 2 aromatic rings. The maximum absolute atomic E-state index is 10.8. The van der Waals surface area contributed by atoms with Gasteiger partial charge in [0, 0.05) is 5.56 Å². The third-order valence-corrected chi connectivity index (χ3v) is 5.43. The largest absolute Gasteiger partial charge is 0.545 e. The van der Waals surface area contributed by atoms with Gasteiger partial charge in [-0.1, -0.05) is 95.0 Å². The number of carboxylic acids is 1. The molecule has 0 bridgehead atoms. The van der Waals surface area contributed by atoms with Crippen molar-refractivity contribution in [3.05, 3.63) is 101 Å². The topological polar surface area (TPSA) is 40.1 Å². The number of rotatable bonds is 3. The Kier molecular flexibility index (Phi) is 6.37. The molecule has 0 amide bonds. The highest BCUT2D eigenvalue weighted by Crippen LogP contribution is 2.38. The smallest absolute Gasteiger partial charge is 0.0715 e. The third-order valence-electron chi connectivity index (χ3n) is 5.43. The first-order chi connectivity index (χ1) is 14.5. The van der Waals surface area contributed by atoms with Crippen LogP contribution in [0.25, 0.3) is 5.57 Å². The van der Waals surface area contributed by atoms with E-state index in [1.807, 2.05) is 6.08 Å². The molecule has 0 saturated carbocycles. The fourth-order valence-electron chi connectivity index (χ4n) is 3.56. The first-order valence-corrected chi connectivity index (χ1v) is 10.6. The highest BCUT2D eigenvalue weighted by atomic mass is 16.4. The predicted molar refractivity (Wildman–Crippen MR) is 126 cm³/mol. The summed E-state index contributed by atoms with van der Waals surface area (Å²) in [5, 5.41) is 10.8. The van der Waals surface area contributed by atoms with Crippen molar-refractivity contribution in [2.75, 3.05) is 0 Å². The number of aromatic carboxylic acids is 1. The minimum atomic E-state index is -1.18. The van der Waals surface area contributed by atoms with Gasteiger partial charge in [0.05, 0.1) is 5.97 Å². The standard InChI is InChI=1S/C29H30O2/c1-28(2,3)25-16-14-22(15-17-25)26-18-19-29(4,5)20-24(26)9-7-6-8-21-10-12-23(13-11-21)27(30)31/h7,9-18,20H,19H2,1-5H3,(H,30,31)/p-1/b9-7+. The molecule has 0 atom stereocenters. The van der Waals surface area contributed by atoms with E-state index in [0.29, 0.717) is 0 Å². The van der Waals surface area contributed by atoms with Crippen LogP contribution < -0.4 is 5.11 Å². The molecule has 0 unspecified atom stereocenters. The summed E-state index contributed by atoms with van der Waals surface area (Å²) in [6.45, 7) is 11.2. The van der Waals surface area contributed by atoms with Crippen LogP contribution in [-0.2, 0) is 5.41 Å². The lowest BCUT2D eigenvalue weighted by atomic mass is 9.78. The Morgan fingerprint density at radius 1 is 1.03 bits per heavy atom. The predicted octanol–water partition coefficient (Wildman–Crippen LogP) is 5.70. The van der Waals surface area contributed by atoms with Crippen LogP contribution in [0.1, 0.15) is 68.1 Å². The van der Waals surface area contributed by atoms with E-state index in [1.54, 1.807) is 12.1 Å². The molecule has 158 valence electrons. The van der Waals surface area contributed by atoms with Crippen LogP contribution >= 0.6 is 0 Å². The van der Waals surface area contributed by atoms with Crippen LogP contribution in [0.4, 0.5) is 0 Å². The molecule has 3 rings (SSSR count). The third kappa shape index (κ3) is 5.86.